The topological polar surface area (TPSA) is 38.7 Å². The molecule has 2 heterocycles. The second-order valence-electron chi connectivity index (χ2n) is 13.1. The molecule has 0 aromatic carbocycles. The van der Waals surface area contributed by atoms with Crippen LogP contribution in [0.1, 0.15) is 91.9 Å². The van der Waals surface area contributed by atoms with Crippen molar-refractivity contribution >= 4 is 0 Å². The van der Waals surface area contributed by atoms with E-state index in [-0.39, 0.29) is 11.9 Å². The smallest absolute Gasteiger partial charge is 0.171 e. The Morgan fingerprint density at radius 2 is 1.63 bits per heavy atom. The Kier molecular flexibility index (Phi) is 4.58. The molecule has 0 aromatic heterocycles. The molecule has 1 N–H and O–H groups in total. The van der Waals surface area contributed by atoms with Crippen molar-refractivity contribution in [1.29, 1.82) is 0 Å². The first-order valence-corrected chi connectivity index (χ1v) is 13.3. The van der Waals surface area contributed by atoms with Crippen LogP contribution < -0.4 is 0 Å². The third-order valence-corrected chi connectivity index (χ3v) is 11.9. The summed E-state index contributed by atoms with van der Waals surface area (Å²) in [5, 5.41) is 10.3. The molecule has 30 heavy (non-hydrogen) atoms. The highest BCUT2D eigenvalue weighted by atomic mass is 16.7. The summed E-state index contributed by atoms with van der Waals surface area (Å²) in [6.07, 6.45) is 12.9. The van der Waals surface area contributed by atoms with Crippen LogP contribution in [0.4, 0.5) is 0 Å². The lowest BCUT2D eigenvalue weighted by molar-refractivity contribution is -0.273. The van der Waals surface area contributed by atoms with Crippen molar-refractivity contribution in [3.05, 3.63) is 0 Å². The molecule has 6 aliphatic rings. The normalized spacial score (nSPS) is 62.5. The van der Waals surface area contributed by atoms with Crippen molar-refractivity contribution in [3.63, 3.8) is 0 Å². The highest BCUT2D eigenvalue weighted by Crippen LogP contribution is 2.71. The van der Waals surface area contributed by atoms with Crippen molar-refractivity contribution in [2.45, 2.75) is 110 Å². The largest absolute Gasteiger partial charge is 0.393 e. The van der Waals surface area contributed by atoms with Gasteiger partial charge in [0.25, 0.3) is 0 Å². The summed E-state index contributed by atoms with van der Waals surface area (Å²) in [5.41, 5.74) is 0.899. The number of fused-ring (bicyclic) bond motifs is 7. The van der Waals surface area contributed by atoms with Crippen molar-refractivity contribution < 1.29 is 14.6 Å². The Balaban J connectivity index is 1.26. The molecule has 2 saturated heterocycles. The molecule has 0 amide bonds. The number of aliphatic hydroxyl groups is 1. The number of aliphatic hydroxyl groups excluding tert-OH is 1. The fraction of sp³-hybridized carbons (Fsp3) is 1.00. The van der Waals surface area contributed by atoms with Crippen LogP contribution in [0.2, 0.25) is 0 Å². The van der Waals surface area contributed by atoms with Crippen LogP contribution in [-0.2, 0) is 9.47 Å². The average molecular weight is 417 g/mol. The Morgan fingerprint density at radius 1 is 0.833 bits per heavy atom. The monoisotopic (exact) mass is 416 g/mol. The Bertz CT molecular complexity index is 684. The third-order valence-electron chi connectivity index (χ3n) is 11.9. The first-order chi connectivity index (χ1) is 14.3. The first kappa shape index (κ1) is 20.5. The SMILES string of the molecule is C[C@@H]1CC[C@@]2(OC1)O[C@@H]1C[C@@H]3[C@@H]4CC[C@@H]5C[C@@H](O)CC[C@]5(C)[C@H]4CC[C@]3(C)[C@@H]1[C@@H]2C. The molecule has 2 aliphatic heterocycles. The van der Waals surface area contributed by atoms with E-state index in [0.29, 0.717) is 34.7 Å². The van der Waals surface area contributed by atoms with E-state index >= 15 is 0 Å². The molecule has 1 spiro atoms. The maximum Gasteiger partial charge on any atom is 0.171 e. The second kappa shape index (κ2) is 6.70. The van der Waals surface area contributed by atoms with Crippen LogP contribution in [0.25, 0.3) is 0 Å². The van der Waals surface area contributed by atoms with Crippen molar-refractivity contribution in [3.8, 4) is 0 Å². The molecule has 0 aromatic rings. The van der Waals surface area contributed by atoms with E-state index in [4.69, 9.17) is 9.47 Å². The Morgan fingerprint density at radius 3 is 2.40 bits per heavy atom. The summed E-state index contributed by atoms with van der Waals surface area (Å²) < 4.78 is 13.4. The number of ether oxygens (including phenoxy) is 2. The van der Waals surface area contributed by atoms with Crippen LogP contribution in [0.5, 0.6) is 0 Å². The molecule has 12 atom stereocenters. The molecular formula is C27H44O3. The number of rotatable bonds is 0. The standard InChI is InChI=1S/C27H44O3/c1-16-7-12-27(29-15-16)17(2)24-23(30-27)14-22-20-6-5-18-13-19(28)8-10-25(18,3)21(20)9-11-26(22,24)4/h16-24,28H,5-15H2,1-4H3/t16-,17+,18-,19+,20-,21+,22-,23-,24-,25+,26+,27-/m1/s1. The molecule has 6 rings (SSSR count). The zero-order valence-corrected chi connectivity index (χ0v) is 19.7. The number of hydrogen-bond acceptors (Lipinski definition) is 3. The van der Waals surface area contributed by atoms with Gasteiger partial charge in [0.05, 0.1) is 18.8 Å². The van der Waals surface area contributed by atoms with Gasteiger partial charge in [-0.2, -0.15) is 0 Å². The quantitative estimate of drug-likeness (QED) is 0.543. The molecule has 170 valence electrons. The summed E-state index contributed by atoms with van der Waals surface area (Å²) in [7, 11) is 0. The van der Waals surface area contributed by atoms with E-state index < -0.39 is 0 Å². The van der Waals surface area contributed by atoms with Crippen molar-refractivity contribution in [1.82, 2.24) is 0 Å². The zero-order chi connectivity index (χ0) is 20.9. The predicted octanol–water partition coefficient (Wildman–Crippen LogP) is 5.79. The minimum absolute atomic E-state index is 0.0389. The minimum Gasteiger partial charge on any atom is -0.393 e. The molecule has 6 fully saturated rings. The first-order valence-electron chi connectivity index (χ1n) is 13.3. The van der Waals surface area contributed by atoms with Crippen LogP contribution in [0.15, 0.2) is 0 Å². The maximum atomic E-state index is 10.3. The molecule has 3 nitrogen and oxygen atoms in total. The fourth-order valence-electron chi connectivity index (χ4n) is 10.3. The van der Waals surface area contributed by atoms with Gasteiger partial charge in [-0.1, -0.05) is 27.7 Å². The van der Waals surface area contributed by atoms with Gasteiger partial charge in [0.1, 0.15) is 0 Å². The molecule has 0 bridgehead atoms. The van der Waals surface area contributed by atoms with E-state index in [2.05, 4.69) is 27.7 Å². The Hall–Kier alpha value is -0.120. The van der Waals surface area contributed by atoms with Gasteiger partial charge in [0.2, 0.25) is 0 Å². The highest BCUT2D eigenvalue weighted by molar-refractivity contribution is 5.15. The van der Waals surface area contributed by atoms with Gasteiger partial charge < -0.3 is 14.6 Å². The molecule has 4 aliphatic carbocycles. The third kappa shape index (κ3) is 2.61. The summed E-state index contributed by atoms with van der Waals surface area (Å²) in [5.74, 6) is 4.93. The van der Waals surface area contributed by atoms with Gasteiger partial charge >= 0.3 is 0 Å². The fourth-order valence-corrected chi connectivity index (χ4v) is 10.3. The van der Waals surface area contributed by atoms with Gasteiger partial charge in [-0.3, -0.25) is 0 Å². The van der Waals surface area contributed by atoms with Gasteiger partial charge in [0.15, 0.2) is 5.79 Å². The molecule has 4 saturated carbocycles. The minimum atomic E-state index is -0.282. The van der Waals surface area contributed by atoms with Crippen molar-refractivity contribution in [2.75, 3.05) is 6.61 Å². The van der Waals surface area contributed by atoms with Gasteiger partial charge in [-0.15, -0.1) is 0 Å². The van der Waals surface area contributed by atoms with E-state index in [1.54, 1.807) is 0 Å². The summed E-state index contributed by atoms with van der Waals surface area (Å²) >= 11 is 0. The van der Waals surface area contributed by atoms with Crippen LogP contribution >= 0.6 is 0 Å². The van der Waals surface area contributed by atoms with Crippen molar-refractivity contribution in [2.24, 2.45) is 52.3 Å². The Labute approximate surface area is 183 Å². The lowest BCUT2D eigenvalue weighted by atomic mass is 9.44. The maximum absolute atomic E-state index is 10.3. The van der Waals surface area contributed by atoms with E-state index in [1.807, 2.05) is 0 Å². The molecule has 0 unspecified atom stereocenters. The summed E-state index contributed by atoms with van der Waals surface area (Å²) in [4.78, 5) is 0. The lowest BCUT2D eigenvalue weighted by Gasteiger charge is -2.61. The van der Waals surface area contributed by atoms with Gasteiger partial charge in [-0.05, 0) is 104 Å². The summed E-state index contributed by atoms with van der Waals surface area (Å²) in [6.45, 7) is 10.9. The van der Waals surface area contributed by atoms with Gasteiger partial charge in [0, 0.05) is 12.3 Å². The van der Waals surface area contributed by atoms with E-state index in [0.717, 1.165) is 49.5 Å². The highest BCUT2D eigenvalue weighted by Gasteiger charge is 2.69. The molecular weight excluding hydrogens is 372 g/mol. The molecule has 0 radical (unpaired) electrons. The van der Waals surface area contributed by atoms with Gasteiger partial charge in [-0.25, -0.2) is 0 Å². The van der Waals surface area contributed by atoms with Crippen LogP contribution in [-0.4, -0.2) is 29.7 Å². The zero-order valence-electron chi connectivity index (χ0n) is 19.7. The second-order valence-corrected chi connectivity index (χ2v) is 13.1. The summed E-state index contributed by atoms with van der Waals surface area (Å²) in [6, 6.07) is 0. The van der Waals surface area contributed by atoms with Crippen LogP contribution in [0, 0.1) is 52.3 Å². The number of hydrogen-bond donors (Lipinski definition) is 1. The molecule has 3 heteroatoms. The van der Waals surface area contributed by atoms with E-state index in [1.165, 1.54) is 44.9 Å². The van der Waals surface area contributed by atoms with E-state index in [9.17, 15) is 5.11 Å². The lowest BCUT2D eigenvalue weighted by Crippen LogP contribution is -2.55. The van der Waals surface area contributed by atoms with Crippen LogP contribution in [0.3, 0.4) is 0 Å². The average Bonchev–Trinajstić information content (AvgIpc) is 3.16. The predicted molar refractivity (Wildman–Crippen MR) is 118 cm³/mol.